The molecule has 0 aliphatic rings. The molecule has 192 valence electrons. The van der Waals surface area contributed by atoms with Gasteiger partial charge in [-0.15, -0.1) is 0 Å². The molecule has 11 heteroatoms. The number of nitrogens with zero attached hydrogens (tertiary/aromatic N) is 5. The van der Waals surface area contributed by atoms with E-state index in [1.165, 1.54) is 30.7 Å². The van der Waals surface area contributed by atoms with Gasteiger partial charge in [-0.3, -0.25) is 19.7 Å². The number of nitrogens with one attached hydrogen (secondary N) is 2. The minimum absolute atomic E-state index is 0.0296. The maximum atomic E-state index is 15.1. The largest absolute Gasteiger partial charge is 0.391 e. The van der Waals surface area contributed by atoms with Gasteiger partial charge in [-0.1, -0.05) is 20.8 Å². The number of carbonyl (C=O) groups is 1. The zero-order chi connectivity index (χ0) is 27.0. The molecule has 5 rings (SSSR count). The quantitative estimate of drug-likeness (QED) is 0.325. The van der Waals surface area contributed by atoms with Gasteiger partial charge in [0.1, 0.15) is 5.82 Å². The first kappa shape index (κ1) is 24.9. The van der Waals surface area contributed by atoms with Crippen molar-refractivity contribution in [2.24, 2.45) is 0 Å². The summed E-state index contributed by atoms with van der Waals surface area (Å²) in [5.41, 5.74) is 1.47. The van der Waals surface area contributed by atoms with Crippen molar-refractivity contribution in [3.63, 3.8) is 0 Å². The Kier molecular flexibility index (Phi) is 6.29. The molecule has 0 bridgehead atoms. The third-order valence-electron chi connectivity index (χ3n) is 6.20. The Morgan fingerprint density at radius 2 is 1.89 bits per heavy atom. The monoisotopic (exact) mass is 513 g/mol. The van der Waals surface area contributed by atoms with Crippen LogP contribution < -0.4 is 10.9 Å². The minimum atomic E-state index is -0.735. The number of rotatable bonds is 5. The smallest absolute Gasteiger partial charge is 0.283 e. The number of aromatic nitrogens is 6. The van der Waals surface area contributed by atoms with Gasteiger partial charge in [-0.2, -0.15) is 14.9 Å². The van der Waals surface area contributed by atoms with Crippen LogP contribution in [-0.2, 0) is 12.0 Å². The van der Waals surface area contributed by atoms with Crippen molar-refractivity contribution >= 4 is 22.4 Å². The fraction of sp³-hybridized carbons (Fsp3) is 0.185. The molecule has 10 nitrogen and oxygen atoms in total. The number of aliphatic hydroxyl groups is 1. The second kappa shape index (κ2) is 9.60. The van der Waals surface area contributed by atoms with E-state index in [9.17, 15) is 14.7 Å². The van der Waals surface area contributed by atoms with Crippen LogP contribution in [0.2, 0.25) is 0 Å². The maximum Gasteiger partial charge on any atom is 0.283 e. The van der Waals surface area contributed by atoms with E-state index in [2.05, 4.69) is 30.6 Å². The van der Waals surface area contributed by atoms with Gasteiger partial charge in [0, 0.05) is 35.1 Å². The molecule has 0 saturated carbocycles. The lowest BCUT2D eigenvalue weighted by Gasteiger charge is -2.20. The molecule has 1 aromatic carbocycles. The standard InChI is InChI=1S/C27H24FN7O3/c1-27(2,3)17-10-16-12-32-35(26(38)22(16)20(28)11-17)24-19(14-36)21(6-9-30-24)33-25(37)18-13-31-34-23(18)15-4-7-29-8-5-15/h4-13,36H,14H2,1-3H3,(H,31,34)(H,30,33,37). The van der Waals surface area contributed by atoms with E-state index in [0.29, 0.717) is 16.6 Å². The SMILES string of the molecule is CC(C)(C)c1cc(F)c2c(=O)n(-c3nccc(NC(=O)c4cn[nH]c4-c4ccncc4)c3CO)ncc2c1. The van der Waals surface area contributed by atoms with Gasteiger partial charge >= 0.3 is 0 Å². The van der Waals surface area contributed by atoms with Gasteiger partial charge in [0.05, 0.1) is 41.3 Å². The molecular formula is C27H24FN7O3. The zero-order valence-corrected chi connectivity index (χ0v) is 20.9. The van der Waals surface area contributed by atoms with Gasteiger partial charge in [0.2, 0.25) is 0 Å². The number of benzene rings is 1. The highest BCUT2D eigenvalue weighted by Crippen LogP contribution is 2.28. The second-order valence-corrected chi connectivity index (χ2v) is 9.70. The van der Waals surface area contributed by atoms with Crippen molar-refractivity contribution in [3.8, 4) is 17.1 Å². The van der Waals surface area contributed by atoms with E-state index in [-0.39, 0.29) is 33.4 Å². The number of halogens is 1. The molecule has 0 atom stereocenters. The summed E-state index contributed by atoms with van der Waals surface area (Å²) in [5, 5.41) is 24.1. The molecule has 0 aliphatic carbocycles. The third-order valence-corrected chi connectivity index (χ3v) is 6.20. The lowest BCUT2D eigenvalue weighted by atomic mass is 9.86. The number of H-pyrrole nitrogens is 1. The highest BCUT2D eigenvalue weighted by atomic mass is 19.1. The topological polar surface area (TPSA) is 139 Å². The Bertz CT molecular complexity index is 1720. The predicted molar refractivity (Wildman–Crippen MR) is 139 cm³/mol. The number of fused-ring (bicyclic) bond motifs is 1. The van der Waals surface area contributed by atoms with Crippen LogP contribution in [0.5, 0.6) is 0 Å². The molecule has 4 heterocycles. The molecular weight excluding hydrogens is 489 g/mol. The number of amides is 1. The van der Waals surface area contributed by atoms with Crippen LogP contribution in [0.15, 0.2) is 66.1 Å². The second-order valence-electron chi connectivity index (χ2n) is 9.70. The van der Waals surface area contributed by atoms with E-state index in [1.807, 2.05) is 20.8 Å². The molecule has 5 aromatic rings. The fourth-order valence-electron chi connectivity index (χ4n) is 4.14. The van der Waals surface area contributed by atoms with Crippen LogP contribution in [0.25, 0.3) is 27.8 Å². The molecule has 0 radical (unpaired) electrons. The van der Waals surface area contributed by atoms with Crippen molar-refractivity contribution in [1.82, 2.24) is 29.9 Å². The highest BCUT2D eigenvalue weighted by Gasteiger charge is 2.22. The summed E-state index contributed by atoms with van der Waals surface area (Å²) < 4.78 is 16.0. The Morgan fingerprint density at radius 1 is 1.13 bits per heavy atom. The van der Waals surface area contributed by atoms with Crippen molar-refractivity contribution in [2.75, 3.05) is 5.32 Å². The van der Waals surface area contributed by atoms with Crippen LogP contribution in [0.4, 0.5) is 10.1 Å². The van der Waals surface area contributed by atoms with Crippen molar-refractivity contribution in [1.29, 1.82) is 0 Å². The van der Waals surface area contributed by atoms with Crippen molar-refractivity contribution < 1.29 is 14.3 Å². The number of aliphatic hydroxyl groups excluding tert-OH is 1. The first-order chi connectivity index (χ1) is 18.2. The van der Waals surface area contributed by atoms with Crippen molar-refractivity contribution in [2.45, 2.75) is 32.8 Å². The Labute approximate surface area is 216 Å². The average molecular weight is 514 g/mol. The Hall–Kier alpha value is -4.77. The van der Waals surface area contributed by atoms with Gasteiger partial charge in [0.15, 0.2) is 5.82 Å². The molecule has 3 N–H and O–H groups in total. The normalized spacial score (nSPS) is 11.6. The van der Waals surface area contributed by atoms with Gasteiger partial charge in [-0.05, 0) is 41.3 Å². The molecule has 0 aliphatic heterocycles. The van der Waals surface area contributed by atoms with Gasteiger partial charge < -0.3 is 10.4 Å². The lowest BCUT2D eigenvalue weighted by Crippen LogP contribution is -2.25. The maximum absolute atomic E-state index is 15.1. The number of hydrogen-bond acceptors (Lipinski definition) is 7. The lowest BCUT2D eigenvalue weighted by molar-refractivity contribution is 0.102. The molecule has 0 saturated heterocycles. The summed E-state index contributed by atoms with van der Waals surface area (Å²) in [5.74, 6) is -1.21. The van der Waals surface area contributed by atoms with E-state index >= 15 is 4.39 Å². The number of hydrogen-bond donors (Lipinski definition) is 3. The number of anilines is 1. The minimum Gasteiger partial charge on any atom is -0.391 e. The molecule has 0 unspecified atom stereocenters. The number of pyridine rings is 2. The first-order valence-corrected chi connectivity index (χ1v) is 11.8. The number of aromatic amines is 1. The van der Waals surface area contributed by atoms with E-state index in [1.54, 1.807) is 30.6 Å². The summed E-state index contributed by atoms with van der Waals surface area (Å²) >= 11 is 0. The highest BCUT2D eigenvalue weighted by molar-refractivity contribution is 6.08. The third kappa shape index (κ3) is 4.43. The van der Waals surface area contributed by atoms with Crippen LogP contribution in [0.3, 0.4) is 0 Å². The van der Waals surface area contributed by atoms with E-state index < -0.39 is 23.9 Å². The van der Waals surface area contributed by atoms with Gasteiger partial charge in [0.25, 0.3) is 11.5 Å². The van der Waals surface area contributed by atoms with Crippen LogP contribution in [-0.4, -0.2) is 41.0 Å². The Morgan fingerprint density at radius 3 is 2.61 bits per heavy atom. The zero-order valence-electron chi connectivity index (χ0n) is 20.9. The Balaban J connectivity index is 1.55. The fourth-order valence-corrected chi connectivity index (χ4v) is 4.14. The van der Waals surface area contributed by atoms with Crippen LogP contribution in [0, 0.1) is 5.82 Å². The first-order valence-electron chi connectivity index (χ1n) is 11.8. The predicted octanol–water partition coefficient (Wildman–Crippen LogP) is 3.75. The molecule has 4 aromatic heterocycles. The molecule has 0 spiro atoms. The van der Waals surface area contributed by atoms with Crippen LogP contribution >= 0.6 is 0 Å². The van der Waals surface area contributed by atoms with E-state index in [0.717, 1.165) is 10.2 Å². The van der Waals surface area contributed by atoms with Crippen molar-refractivity contribution in [3.05, 3.63) is 94.2 Å². The molecule has 38 heavy (non-hydrogen) atoms. The summed E-state index contributed by atoms with van der Waals surface area (Å²) in [6.07, 6.45) is 7.32. The molecule has 0 fully saturated rings. The summed E-state index contributed by atoms with van der Waals surface area (Å²) in [6.45, 7) is 5.27. The van der Waals surface area contributed by atoms with Gasteiger partial charge in [-0.25, -0.2) is 9.37 Å². The summed E-state index contributed by atoms with van der Waals surface area (Å²) in [4.78, 5) is 34.7. The van der Waals surface area contributed by atoms with E-state index in [4.69, 9.17) is 0 Å². The summed E-state index contributed by atoms with van der Waals surface area (Å²) in [6, 6.07) is 8.03. The number of carbonyl (C=O) groups excluding carboxylic acids is 1. The summed E-state index contributed by atoms with van der Waals surface area (Å²) in [7, 11) is 0. The van der Waals surface area contributed by atoms with Crippen LogP contribution in [0.1, 0.15) is 42.3 Å². The molecule has 1 amide bonds. The average Bonchev–Trinajstić information content (AvgIpc) is 3.39.